The first-order valence-corrected chi connectivity index (χ1v) is 6.24. The van der Waals surface area contributed by atoms with Crippen LogP contribution in [0.2, 0.25) is 0 Å². The summed E-state index contributed by atoms with van der Waals surface area (Å²) < 4.78 is 13.1. The number of carboxylic acid groups (broad SMARTS) is 1. The van der Waals surface area contributed by atoms with Gasteiger partial charge in [-0.3, -0.25) is 0 Å². The molecule has 0 unspecified atom stereocenters. The molecule has 1 aliphatic heterocycles. The molecule has 7 heteroatoms. The molecule has 2 N–H and O–H groups in total. The number of carbonyl (C=O) groups is 2. The maximum absolute atomic E-state index is 13.1. The Morgan fingerprint density at radius 3 is 2.50 bits per heavy atom. The van der Waals surface area contributed by atoms with E-state index in [4.69, 9.17) is 5.11 Å². The minimum absolute atomic E-state index is 0.0998. The highest BCUT2D eigenvalue weighted by Crippen LogP contribution is 2.18. The van der Waals surface area contributed by atoms with E-state index in [1.165, 1.54) is 6.07 Å². The van der Waals surface area contributed by atoms with Crippen LogP contribution in [-0.4, -0.2) is 60.1 Å². The van der Waals surface area contributed by atoms with Gasteiger partial charge in [-0.15, -0.1) is 0 Å². The highest BCUT2D eigenvalue weighted by Gasteiger charge is 2.21. The Labute approximate surface area is 115 Å². The van der Waals surface area contributed by atoms with Gasteiger partial charge in [-0.05, 0) is 25.2 Å². The van der Waals surface area contributed by atoms with Crippen LogP contribution in [0.5, 0.6) is 0 Å². The van der Waals surface area contributed by atoms with Crippen LogP contribution in [0.25, 0.3) is 0 Å². The predicted molar refractivity (Wildman–Crippen MR) is 71.4 cm³/mol. The van der Waals surface area contributed by atoms with E-state index >= 15 is 0 Å². The number of nitrogens with zero attached hydrogens (tertiary/aromatic N) is 2. The summed E-state index contributed by atoms with van der Waals surface area (Å²) in [5.41, 5.74) is -0.157. The van der Waals surface area contributed by atoms with Gasteiger partial charge in [0.05, 0.1) is 11.3 Å². The van der Waals surface area contributed by atoms with Crippen molar-refractivity contribution in [2.24, 2.45) is 0 Å². The van der Waals surface area contributed by atoms with Crippen molar-refractivity contribution < 1.29 is 19.1 Å². The van der Waals surface area contributed by atoms with E-state index in [-0.39, 0.29) is 17.3 Å². The van der Waals surface area contributed by atoms with Crippen LogP contribution in [0.4, 0.5) is 14.9 Å². The Morgan fingerprint density at radius 1 is 1.25 bits per heavy atom. The van der Waals surface area contributed by atoms with Gasteiger partial charge in [-0.2, -0.15) is 0 Å². The number of urea groups is 1. The molecule has 1 fully saturated rings. The molecule has 108 valence electrons. The zero-order chi connectivity index (χ0) is 14.7. The molecule has 2 rings (SSSR count). The highest BCUT2D eigenvalue weighted by molar-refractivity contribution is 6.00. The topological polar surface area (TPSA) is 72.9 Å². The fourth-order valence-electron chi connectivity index (χ4n) is 2.01. The van der Waals surface area contributed by atoms with Gasteiger partial charge in [0, 0.05) is 26.2 Å². The average molecular weight is 281 g/mol. The Hall–Kier alpha value is -2.15. The molecule has 0 radical (unpaired) electrons. The molecule has 0 bridgehead atoms. The summed E-state index contributed by atoms with van der Waals surface area (Å²) in [5, 5.41) is 11.5. The van der Waals surface area contributed by atoms with Gasteiger partial charge in [0.15, 0.2) is 0 Å². The number of nitrogens with one attached hydrogen (secondary N) is 1. The van der Waals surface area contributed by atoms with Crippen LogP contribution >= 0.6 is 0 Å². The van der Waals surface area contributed by atoms with Gasteiger partial charge in [0.2, 0.25) is 0 Å². The van der Waals surface area contributed by atoms with Gasteiger partial charge in [-0.1, -0.05) is 0 Å². The fourth-order valence-corrected chi connectivity index (χ4v) is 2.01. The molecule has 0 saturated carbocycles. The summed E-state index contributed by atoms with van der Waals surface area (Å²) >= 11 is 0. The summed E-state index contributed by atoms with van der Waals surface area (Å²) in [6.07, 6.45) is 0. The zero-order valence-corrected chi connectivity index (χ0v) is 11.1. The Kier molecular flexibility index (Phi) is 4.19. The molecule has 1 aromatic rings. The lowest BCUT2D eigenvalue weighted by Crippen LogP contribution is -2.48. The molecule has 1 heterocycles. The normalized spacial score (nSPS) is 16.0. The van der Waals surface area contributed by atoms with Crippen LogP contribution in [0.3, 0.4) is 0 Å². The number of halogens is 1. The lowest BCUT2D eigenvalue weighted by atomic mass is 10.1. The quantitative estimate of drug-likeness (QED) is 0.857. The second kappa shape index (κ2) is 5.87. The van der Waals surface area contributed by atoms with Crippen LogP contribution in [0.15, 0.2) is 18.2 Å². The van der Waals surface area contributed by atoms with E-state index in [0.29, 0.717) is 13.1 Å². The lowest BCUT2D eigenvalue weighted by Gasteiger charge is -2.32. The molecule has 20 heavy (non-hydrogen) atoms. The average Bonchev–Trinajstić information content (AvgIpc) is 2.41. The molecule has 2 amide bonds. The second-order valence-corrected chi connectivity index (χ2v) is 4.72. The molecule has 1 aliphatic rings. The Bertz CT molecular complexity index is 528. The predicted octanol–water partition coefficient (Wildman–Crippen LogP) is 1.30. The fraction of sp³-hybridized carbons (Fsp3) is 0.385. The lowest BCUT2D eigenvalue weighted by molar-refractivity contribution is 0.0697. The maximum Gasteiger partial charge on any atom is 0.337 e. The summed E-state index contributed by atoms with van der Waals surface area (Å²) in [6.45, 7) is 2.68. The molecular weight excluding hydrogens is 265 g/mol. The van der Waals surface area contributed by atoms with E-state index in [9.17, 15) is 14.0 Å². The summed E-state index contributed by atoms with van der Waals surface area (Å²) in [6, 6.07) is 2.90. The first-order chi connectivity index (χ1) is 9.47. The molecule has 0 spiro atoms. The number of hydrogen-bond donors (Lipinski definition) is 2. The number of carboxylic acids is 1. The number of rotatable bonds is 2. The molecule has 1 saturated heterocycles. The van der Waals surface area contributed by atoms with E-state index in [1.807, 2.05) is 7.05 Å². The number of amides is 2. The minimum Gasteiger partial charge on any atom is -0.478 e. The maximum atomic E-state index is 13.1. The first kappa shape index (κ1) is 14.3. The van der Waals surface area contributed by atoms with Crippen molar-refractivity contribution >= 4 is 17.7 Å². The number of aromatic carboxylic acids is 1. The van der Waals surface area contributed by atoms with Crippen LogP contribution in [-0.2, 0) is 0 Å². The summed E-state index contributed by atoms with van der Waals surface area (Å²) in [5.74, 6) is -1.93. The number of likely N-dealkylation sites (N-methyl/N-ethyl adjacent to an activating group) is 1. The number of piperazine rings is 1. The van der Waals surface area contributed by atoms with Crippen molar-refractivity contribution in [1.29, 1.82) is 0 Å². The molecule has 1 aromatic carbocycles. The Balaban J connectivity index is 2.10. The third kappa shape index (κ3) is 3.24. The van der Waals surface area contributed by atoms with E-state index in [2.05, 4.69) is 10.2 Å². The van der Waals surface area contributed by atoms with Crippen LogP contribution < -0.4 is 5.32 Å². The number of carbonyl (C=O) groups excluding carboxylic acids is 1. The summed E-state index contributed by atoms with van der Waals surface area (Å²) in [4.78, 5) is 26.8. The molecule has 6 nitrogen and oxygen atoms in total. The van der Waals surface area contributed by atoms with E-state index < -0.39 is 11.8 Å². The van der Waals surface area contributed by atoms with Crippen molar-refractivity contribution in [2.75, 3.05) is 38.5 Å². The van der Waals surface area contributed by atoms with Gasteiger partial charge >= 0.3 is 12.0 Å². The SMILES string of the molecule is CN1CCN(C(=O)Nc2ccc(F)cc2C(=O)O)CC1. The van der Waals surface area contributed by atoms with Gasteiger partial charge in [0.25, 0.3) is 0 Å². The van der Waals surface area contributed by atoms with Gasteiger partial charge in [-0.25, -0.2) is 14.0 Å². The Morgan fingerprint density at radius 2 is 1.90 bits per heavy atom. The smallest absolute Gasteiger partial charge is 0.337 e. The van der Waals surface area contributed by atoms with Crippen molar-refractivity contribution in [3.63, 3.8) is 0 Å². The number of anilines is 1. The molecule has 0 atom stereocenters. The van der Waals surface area contributed by atoms with Crippen LogP contribution in [0, 0.1) is 5.82 Å². The van der Waals surface area contributed by atoms with E-state index in [1.54, 1.807) is 4.90 Å². The number of benzene rings is 1. The monoisotopic (exact) mass is 281 g/mol. The van der Waals surface area contributed by atoms with E-state index in [0.717, 1.165) is 25.2 Å². The van der Waals surface area contributed by atoms with Crippen LogP contribution in [0.1, 0.15) is 10.4 Å². The van der Waals surface area contributed by atoms with Crippen molar-refractivity contribution in [3.8, 4) is 0 Å². The van der Waals surface area contributed by atoms with Gasteiger partial charge in [0.1, 0.15) is 5.82 Å². The molecule has 0 aromatic heterocycles. The third-order valence-corrected chi connectivity index (χ3v) is 3.24. The van der Waals surface area contributed by atoms with Gasteiger partial charge < -0.3 is 20.2 Å². The van der Waals surface area contributed by atoms with Crippen molar-refractivity contribution in [2.45, 2.75) is 0 Å². The first-order valence-electron chi connectivity index (χ1n) is 6.24. The number of hydrogen-bond acceptors (Lipinski definition) is 3. The van der Waals surface area contributed by atoms with Crippen molar-refractivity contribution in [3.05, 3.63) is 29.6 Å². The zero-order valence-electron chi connectivity index (χ0n) is 11.1. The summed E-state index contributed by atoms with van der Waals surface area (Å²) in [7, 11) is 1.97. The second-order valence-electron chi connectivity index (χ2n) is 4.72. The molecule has 0 aliphatic carbocycles. The third-order valence-electron chi connectivity index (χ3n) is 3.24. The largest absolute Gasteiger partial charge is 0.478 e. The minimum atomic E-state index is -1.28. The highest BCUT2D eigenvalue weighted by atomic mass is 19.1. The molecular formula is C13H16FN3O3. The van der Waals surface area contributed by atoms with Crippen molar-refractivity contribution in [1.82, 2.24) is 9.80 Å². The standard InChI is InChI=1S/C13H16FN3O3/c1-16-4-6-17(7-5-16)13(20)15-11-3-2-9(14)8-10(11)12(18)19/h2-3,8H,4-7H2,1H3,(H,15,20)(H,18,19).